The Morgan fingerprint density at radius 1 is 1.21 bits per heavy atom. The Labute approximate surface area is 121 Å². The van der Waals surface area contributed by atoms with Crippen molar-refractivity contribution in [2.24, 2.45) is 5.73 Å². The quantitative estimate of drug-likeness (QED) is 0.666. The first-order valence-corrected chi connectivity index (χ1v) is 6.75. The molecule has 0 bridgehead atoms. The normalized spacial score (nSPS) is 10.2. The van der Waals surface area contributed by atoms with E-state index in [9.17, 15) is 0 Å². The molecule has 0 aliphatic heterocycles. The molecule has 0 saturated carbocycles. The minimum Gasteiger partial charge on any atom is -0.497 e. The van der Waals surface area contributed by atoms with Crippen LogP contribution in [-0.2, 0) is 0 Å². The van der Waals surface area contributed by atoms with E-state index in [1.165, 1.54) is 11.8 Å². The number of methoxy groups -OCH3 is 1. The summed E-state index contributed by atoms with van der Waals surface area (Å²) >= 11 is 7.38. The van der Waals surface area contributed by atoms with Crippen LogP contribution in [0.3, 0.4) is 0 Å². The molecule has 98 valence electrons. The SMILES string of the molecule is COc1ccc(C(=N)N)c(Sc2ccc(Cl)cc2)c1. The number of amidine groups is 1. The molecular weight excluding hydrogens is 280 g/mol. The van der Waals surface area contributed by atoms with E-state index in [1.54, 1.807) is 19.2 Å². The molecule has 0 unspecified atom stereocenters. The van der Waals surface area contributed by atoms with Crippen molar-refractivity contribution in [2.75, 3.05) is 7.11 Å². The molecule has 0 saturated heterocycles. The van der Waals surface area contributed by atoms with Crippen LogP contribution in [-0.4, -0.2) is 12.9 Å². The van der Waals surface area contributed by atoms with Crippen LogP contribution in [0.1, 0.15) is 5.56 Å². The predicted molar refractivity (Wildman–Crippen MR) is 79.6 cm³/mol. The van der Waals surface area contributed by atoms with Crippen LogP contribution in [0.4, 0.5) is 0 Å². The van der Waals surface area contributed by atoms with Gasteiger partial charge in [-0.15, -0.1) is 0 Å². The number of ether oxygens (including phenoxy) is 1. The highest BCUT2D eigenvalue weighted by molar-refractivity contribution is 7.99. The van der Waals surface area contributed by atoms with Gasteiger partial charge in [0, 0.05) is 20.4 Å². The summed E-state index contributed by atoms with van der Waals surface area (Å²) in [4.78, 5) is 1.91. The van der Waals surface area contributed by atoms with Crippen molar-refractivity contribution in [3.05, 3.63) is 53.1 Å². The van der Waals surface area contributed by atoms with E-state index in [0.29, 0.717) is 10.6 Å². The average molecular weight is 293 g/mol. The van der Waals surface area contributed by atoms with Crippen LogP contribution in [0.15, 0.2) is 52.3 Å². The summed E-state index contributed by atoms with van der Waals surface area (Å²) in [5.41, 5.74) is 6.29. The topological polar surface area (TPSA) is 59.1 Å². The Bertz CT molecular complexity index is 599. The van der Waals surface area contributed by atoms with E-state index in [0.717, 1.165) is 15.5 Å². The molecule has 2 aromatic rings. The van der Waals surface area contributed by atoms with Gasteiger partial charge < -0.3 is 10.5 Å². The Balaban J connectivity index is 2.36. The smallest absolute Gasteiger partial charge is 0.123 e. The van der Waals surface area contributed by atoms with Crippen molar-refractivity contribution >= 4 is 29.2 Å². The third-order valence-corrected chi connectivity index (χ3v) is 3.84. The van der Waals surface area contributed by atoms with Crippen molar-refractivity contribution in [3.63, 3.8) is 0 Å². The molecule has 5 heteroatoms. The van der Waals surface area contributed by atoms with E-state index in [4.69, 9.17) is 27.5 Å². The van der Waals surface area contributed by atoms with Gasteiger partial charge in [-0.25, -0.2) is 0 Å². The number of rotatable bonds is 4. The minimum absolute atomic E-state index is 0.0408. The summed E-state index contributed by atoms with van der Waals surface area (Å²) in [5.74, 6) is 0.778. The van der Waals surface area contributed by atoms with E-state index < -0.39 is 0 Å². The first-order valence-electron chi connectivity index (χ1n) is 5.56. The zero-order valence-corrected chi connectivity index (χ0v) is 11.9. The molecule has 0 atom stereocenters. The number of halogens is 1. The maximum Gasteiger partial charge on any atom is 0.123 e. The minimum atomic E-state index is 0.0408. The van der Waals surface area contributed by atoms with Gasteiger partial charge in [-0.3, -0.25) is 5.41 Å². The zero-order valence-electron chi connectivity index (χ0n) is 10.3. The maximum atomic E-state index is 7.61. The third-order valence-electron chi connectivity index (χ3n) is 2.52. The summed E-state index contributed by atoms with van der Waals surface area (Å²) in [5, 5.41) is 8.30. The fourth-order valence-corrected chi connectivity index (χ4v) is 2.68. The third kappa shape index (κ3) is 3.43. The summed E-state index contributed by atoms with van der Waals surface area (Å²) in [6, 6.07) is 13.0. The van der Waals surface area contributed by atoms with Gasteiger partial charge in [0.15, 0.2) is 0 Å². The molecule has 0 amide bonds. The second kappa shape index (κ2) is 5.99. The number of hydrogen-bond donors (Lipinski definition) is 2. The van der Waals surface area contributed by atoms with Crippen molar-refractivity contribution < 1.29 is 4.74 Å². The predicted octanol–water partition coefficient (Wildman–Crippen LogP) is 3.78. The largest absolute Gasteiger partial charge is 0.497 e. The van der Waals surface area contributed by atoms with Crippen molar-refractivity contribution in [1.29, 1.82) is 5.41 Å². The van der Waals surface area contributed by atoms with Crippen LogP contribution < -0.4 is 10.5 Å². The molecule has 0 heterocycles. The van der Waals surface area contributed by atoms with E-state index in [2.05, 4.69) is 0 Å². The standard InChI is InChI=1S/C14H13ClN2OS/c1-18-10-4-7-12(14(16)17)13(8-10)19-11-5-2-9(15)3-6-11/h2-8H,1H3,(H3,16,17). The Kier molecular flexibility index (Phi) is 4.35. The fraction of sp³-hybridized carbons (Fsp3) is 0.0714. The molecule has 0 aliphatic rings. The number of benzene rings is 2. The zero-order chi connectivity index (χ0) is 13.8. The maximum absolute atomic E-state index is 7.61. The van der Waals surface area contributed by atoms with Gasteiger partial charge in [0.05, 0.1) is 7.11 Å². The molecule has 0 fully saturated rings. The average Bonchev–Trinajstić information content (AvgIpc) is 2.41. The first kappa shape index (κ1) is 13.8. The summed E-state index contributed by atoms with van der Waals surface area (Å²) in [7, 11) is 1.61. The highest BCUT2D eigenvalue weighted by Crippen LogP contribution is 2.33. The molecule has 2 rings (SSSR count). The number of nitrogen functional groups attached to an aromatic ring is 1. The number of hydrogen-bond acceptors (Lipinski definition) is 3. The second-order valence-corrected chi connectivity index (χ2v) is 5.38. The van der Waals surface area contributed by atoms with Crippen molar-refractivity contribution in [1.82, 2.24) is 0 Å². The van der Waals surface area contributed by atoms with Gasteiger partial charge >= 0.3 is 0 Å². The lowest BCUT2D eigenvalue weighted by Crippen LogP contribution is -2.12. The molecule has 0 aliphatic carbocycles. The van der Waals surface area contributed by atoms with Gasteiger partial charge in [-0.1, -0.05) is 23.4 Å². The molecule has 2 aromatic carbocycles. The van der Waals surface area contributed by atoms with E-state index in [-0.39, 0.29) is 5.84 Å². The molecule has 3 N–H and O–H groups in total. The molecule has 0 aromatic heterocycles. The Morgan fingerprint density at radius 3 is 2.47 bits per heavy atom. The van der Waals surface area contributed by atoms with Crippen LogP contribution in [0.2, 0.25) is 5.02 Å². The summed E-state index contributed by atoms with van der Waals surface area (Å²) in [6.07, 6.45) is 0. The van der Waals surface area contributed by atoms with E-state index in [1.807, 2.05) is 30.3 Å². The van der Waals surface area contributed by atoms with E-state index >= 15 is 0 Å². The molecule has 19 heavy (non-hydrogen) atoms. The molecule has 0 spiro atoms. The van der Waals surface area contributed by atoms with Crippen LogP contribution in [0, 0.1) is 5.41 Å². The lowest BCUT2D eigenvalue weighted by Gasteiger charge is -2.10. The molecule has 0 radical (unpaired) electrons. The first-order chi connectivity index (χ1) is 9.10. The van der Waals surface area contributed by atoms with Crippen LogP contribution in [0.25, 0.3) is 0 Å². The van der Waals surface area contributed by atoms with Crippen LogP contribution >= 0.6 is 23.4 Å². The highest BCUT2D eigenvalue weighted by atomic mass is 35.5. The van der Waals surface area contributed by atoms with Gasteiger partial charge in [0.2, 0.25) is 0 Å². The van der Waals surface area contributed by atoms with Gasteiger partial charge in [-0.2, -0.15) is 0 Å². The van der Waals surface area contributed by atoms with Crippen molar-refractivity contribution in [2.45, 2.75) is 9.79 Å². The molecular formula is C14H13ClN2OS. The number of nitrogens with two attached hydrogens (primary N) is 1. The van der Waals surface area contributed by atoms with Gasteiger partial charge in [0.1, 0.15) is 11.6 Å². The highest BCUT2D eigenvalue weighted by Gasteiger charge is 2.09. The fourth-order valence-electron chi connectivity index (χ4n) is 1.57. The molecule has 3 nitrogen and oxygen atoms in total. The number of nitrogens with one attached hydrogen (secondary N) is 1. The Morgan fingerprint density at radius 2 is 1.89 bits per heavy atom. The Hall–Kier alpha value is -1.65. The summed E-state index contributed by atoms with van der Waals surface area (Å²) < 4.78 is 5.20. The monoisotopic (exact) mass is 292 g/mol. The van der Waals surface area contributed by atoms with Crippen molar-refractivity contribution in [3.8, 4) is 5.75 Å². The van der Waals surface area contributed by atoms with Crippen LogP contribution in [0.5, 0.6) is 5.75 Å². The lowest BCUT2D eigenvalue weighted by atomic mass is 10.2. The van der Waals surface area contributed by atoms with Gasteiger partial charge in [-0.05, 0) is 42.5 Å². The van der Waals surface area contributed by atoms with Gasteiger partial charge in [0.25, 0.3) is 0 Å². The lowest BCUT2D eigenvalue weighted by molar-refractivity contribution is 0.413. The summed E-state index contributed by atoms with van der Waals surface area (Å²) in [6.45, 7) is 0. The second-order valence-electron chi connectivity index (χ2n) is 3.83.